The molecule has 2 nitrogen and oxygen atoms in total. The van der Waals surface area contributed by atoms with Gasteiger partial charge in [-0.25, -0.2) is 4.39 Å². The molecule has 1 aliphatic rings. The summed E-state index contributed by atoms with van der Waals surface area (Å²) in [5.74, 6) is -0.199. The standard InChI is InChI=1S/C16H16ClFN2/c17-13-4-1-11(2-5-13)9-20-10-12-3-6-14(18)7-15(12)16(20)8-19/h1-7,16H,8-10,19H2. The highest BCUT2D eigenvalue weighted by Gasteiger charge is 2.29. The number of halogens is 2. The highest BCUT2D eigenvalue weighted by atomic mass is 35.5. The molecule has 2 aromatic rings. The van der Waals surface area contributed by atoms with Crippen LogP contribution in [0, 0.1) is 5.82 Å². The van der Waals surface area contributed by atoms with Gasteiger partial charge in [-0.1, -0.05) is 29.8 Å². The predicted octanol–water partition coefficient (Wildman–Crippen LogP) is 3.49. The Bertz CT molecular complexity index is 612. The first-order valence-electron chi connectivity index (χ1n) is 6.64. The quantitative estimate of drug-likeness (QED) is 0.937. The monoisotopic (exact) mass is 290 g/mol. The molecule has 0 aromatic heterocycles. The molecule has 4 heteroatoms. The lowest BCUT2D eigenvalue weighted by atomic mass is 10.0. The van der Waals surface area contributed by atoms with E-state index in [0.29, 0.717) is 6.54 Å². The highest BCUT2D eigenvalue weighted by molar-refractivity contribution is 6.30. The molecule has 0 aliphatic carbocycles. The molecule has 3 rings (SSSR count). The smallest absolute Gasteiger partial charge is 0.123 e. The normalized spacial score (nSPS) is 18.2. The third-order valence-electron chi connectivity index (χ3n) is 3.80. The Kier molecular flexibility index (Phi) is 3.74. The van der Waals surface area contributed by atoms with Crippen LogP contribution in [0.4, 0.5) is 4.39 Å². The SMILES string of the molecule is NCC1c2cc(F)ccc2CN1Cc1ccc(Cl)cc1. The minimum absolute atomic E-state index is 0.0800. The lowest BCUT2D eigenvalue weighted by molar-refractivity contribution is 0.211. The van der Waals surface area contributed by atoms with E-state index < -0.39 is 0 Å². The van der Waals surface area contributed by atoms with Crippen LogP contribution in [0.2, 0.25) is 5.02 Å². The largest absolute Gasteiger partial charge is 0.329 e. The van der Waals surface area contributed by atoms with Crippen molar-refractivity contribution in [3.8, 4) is 0 Å². The molecule has 0 saturated carbocycles. The molecule has 0 radical (unpaired) electrons. The van der Waals surface area contributed by atoms with E-state index in [1.54, 1.807) is 6.07 Å². The molecular formula is C16H16ClFN2. The average Bonchev–Trinajstić information content (AvgIpc) is 2.78. The summed E-state index contributed by atoms with van der Waals surface area (Å²) < 4.78 is 13.4. The summed E-state index contributed by atoms with van der Waals surface area (Å²) in [7, 11) is 0. The average molecular weight is 291 g/mol. The Labute approximate surface area is 123 Å². The summed E-state index contributed by atoms with van der Waals surface area (Å²) in [6.07, 6.45) is 0. The van der Waals surface area contributed by atoms with Crippen LogP contribution in [0.5, 0.6) is 0 Å². The molecule has 104 valence electrons. The minimum atomic E-state index is -0.199. The summed E-state index contributed by atoms with van der Waals surface area (Å²) in [4.78, 5) is 2.27. The van der Waals surface area contributed by atoms with Gasteiger partial charge in [0.25, 0.3) is 0 Å². The first-order chi connectivity index (χ1) is 9.67. The minimum Gasteiger partial charge on any atom is -0.329 e. The third-order valence-corrected chi connectivity index (χ3v) is 4.06. The molecule has 0 saturated heterocycles. The number of nitrogens with zero attached hydrogens (tertiary/aromatic N) is 1. The van der Waals surface area contributed by atoms with E-state index in [1.807, 2.05) is 30.3 Å². The van der Waals surface area contributed by atoms with E-state index in [-0.39, 0.29) is 11.9 Å². The van der Waals surface area contributed by atoms with Crippen molar-refractivity contribution >= 4 is 11.6 Å². The fraction of sp³-hybridized carbons (Fsp3) is 0.250. The van der Waals surface area contributed by atoms with Gasteiger partial charge in [-0.05, 0) is 41.0 Å². The summed E-state index contributed by atoms with van der Waals surface area (Å²) >= 11 is 5.90. The molecule has 0 fully saturated rings. The first kappa shape index (κ1) is 13.6. The van der Waals surface area contributed by atoms with E-state index in [9.17, 15) is 4.39 Å². The Balaban J connectivity index is 1.83. The van der Waals surface area contributed by atoms with E-state index >= 15 is 0 Å². The second kappa shape index (κ2) is 5.52. The lowest BCUT2D eigenvalue weighted by Gasteiger charge is -2.23. The van der Waals surface area contributed by atoms with Gasteiger partial charge in [-0.3, -0.25) is 4.90 Å². The zero-order valence-corrected chi connectivity index (χ0v) is 11.8. The Morgan fingerprint density at radius 2 is 1.95 bits per heavy atom. The Morgan fingerprint density at radius 1 is 1.20 bits per heavy atom. The molecule has 1 atom stereocenters. The van der Waals surface area contributed by atoms with Gasteiger partial charge in [0.05, 0.1) is 0 Å². The zero-order chi connectivity index (χ0) is 14.1. The summed E-state index contributed by atoms with van der Waals surface area (Å²) in [5, 5.41) is 0.732. The van der Waals surface area contributed by atoms with Gasteiger partial charge in [0.15, 0.2) is 0 Å². The number of hydrogen-bond donors (Lipinski definition) is 1. The number of hydrogen-bond acceptors (Lipinski definition) is 2. The van der Waals surface area contributed by atoms with Crippen molar-refractivity contribution in [1.82, 2.24) is 4.90 Å². The summed E-state index contributed by atoms with van der Waals surface area (Å²) in [6, 6.07) is 12.9. The fourth-order valence-corrected chi connectivity index (χ4v) is 2.94. The molecule has 20 heavy (non-hydrogen) atoms. The lowest BCUT2D eigenvalue weighted by Crippen LogP contribution is -2.27. The Hall–Kier alpha value is -1.42. The maximum absolute atomic E-state index is 13.4. The van der Waals surface area contributed by atoms with Crippen molar-refractivity contribution in [3.63, 3.8) is 0 Å². The summed E-state index contributed by atoms with van der Waals surface area (Å²) in [5.41, 5.74) is 9.24. The van der Waals surface area contributed by atoms with E-state index in [4.69, 9.17) is 17.3 Å². The van der Waals surface area contributed by atoms with E-state index in [2.05, 4.69) is 4.90 Å². The first-order valence-corrected chi connectivity index (χ1v) is 7.02. The van der Waals surface area contributed by atoms with Crippen LogP contribution in [-0.2, 0) is 13.1 Å². The number of benzene rings is 2. The molecule has 1 aliphatic heterocycles. The molecule has 0 bridgehead atoms. The Morgan fingerprint density at radius 3 is 2.65 bits per heavy atom. The zero-order valence-electron chi connectivity index (χ0n) is 11.0. The van der Waals surface area contributed by atoms with Crippen molar-refractivity contribution in [1.29, 1.82) is 0 Å². The van der Waals surface area contributed by atoms with Crippen LogP contribution < -0.4 is 5.73 Å². The van der Waals surface area contributed by atoms with Crippen molar-refractivity contribution in [3.05, 3.63) is 70.0 Å². The predicted molar refractivity (Wildman–Crippen MR) is 78.9 cm³/mol. The second-order valence-electron chi connectivity index (χ2n) is 5.13. The van der Waals surface area contributed by atoms with Crippen LogP contribution in [0.15, 0.2) is 42.5 Å². The third kappa shape index (κ3) is 2.57. The number of nitrogens with two attached hydrogens (primary N) is 1. The maximum Gasteiger partial charge on any atom is 0.123 e. The molecule has 1 unspecified atom stereocenters. The highest BCUT2D eigenvalue weighted by Crippen LogP contribution is 2.34. The van der Waals surface area contributed by atoms with Gasteiger partial charge in [0, 0.05) is 30.7 Å². The molecule has 2 N–H and O–H groups in total. The number of rotatable bonds is 3. The molecular weight excluding hydrogens is 275 g/mol. The van der Waals surface area contributed by atoms with Crippen molar-refractivity contribution < 1.29 is 4.39 Å². The maximum atomic E-state index is 13.4. The van der Waals surface area contributed by atoms with Gasteiger partial charge in [0.1, 0.15) is 5.82 Å². The molecule has 2 aromatic carbocycles. The van der Waals surface area contributed by atoms with Crippen molar-refractivity contribution in [2.24, 2.45) is 5.73 Å². The van der Waals surface area contributed by atoms with Gasteiger partial charge < -0.3 is 5.73 Å². The van der Waals surface area contributed by atoms with Gasteiger partial charge >= 0.3 is 0 Å². The van der Waals surface area contributed by atoms with E-state index in [0.717, 1.165) is 29.2 Å². The van der Waals surface area contributed by atoms with Crippen LogP contribution in [-0.4, -0.2) is 11.4 Å². The van der Waals surface area contributed by atoms with Gasteiger partial charge in [-0.2, -0.15) is 0 Å². The molecule has 0 amide bonds. The second-order valence-corrected chi connectivity index (χ2v) is 5.56. The van der Waals surface area contributed by atoms with Crippen molar-refractivity contribution in [2.45, 2.75) is 19.1 Å². The van der Waals surface area contributed by atoms with E-state index in [1.165, 1.54) is 11.6 Å². The topological polar surface area (TPSA) is 29.3 Å². The van der Waals surface area contributed by atoms with Crippen LogP contribution >= 0.6 is 11.6 Å². The molecule has 1 heterocycles. The van der Waals surface area contributed by atoms with Crippen molar-refractivity contribution in [2.75, 3.05) is 6.54 Å². The fourth-order valence-electron chi connectivity index (χ4n) is 2.81. The molecule has 0 spiro atoms. The van der Waals surface area contributed by atoms with Crippen LogP contribution in [0.1, 0.15) is 22.7 Å². The summed E-state index contributed by atoms with van der Waals surface area (Å²) in [6.45, 7) is 2.08. The van der Waals surface area contributed by atoms with Crippen LogP contribution in [0.25, 0.3) is 0 Å². The van der Waals surface area contributed by atoms with Crippen LogP contribution in [0.3, 0.4) is 0 Å². The number of fused-ring (bicyclic) bond motifs is 1. The van der Waals surface area contributed by atoms with Gasteiger partial charge in [0.2, 0.25) is 0 Å². The van der Waals surface area contributed by atoms with Gasteiger partial charge in [-0.15, -0.1) is 0 Å².